The SMILES string of the molecule is O=[N+]([O-])c1ccc(Cl)c(CNC(c2ccccc2)C2CC2)c1. The second kappa shape index (κ2) is 6.46. The maximum atomic E-state index is 10.9. The fourth-order valence-electron chi connectivity index (χ4n) is 2.68. The van der Waals surface area contributed by atoms with Crippen LogP contribution in [-0.2, 0) is 6.54 Å². The second-order valence-electron chi connectivity index (χ2n) is 5.64. The number of nitro groups is 1. The number of halogens is 1. The average molecular weight is 317 g/mol. The summed E-state index contributed by atoms with van der Waals surface area (Å²) in [4.78, 5) is 10.5. The van der Waals surface area contributed by atoms with E-state index in [1.54, 1.807) is 12.1 Å². The Balaban J connectivity index is 1.75. The summed E-state index contributed by atoms with van der Waals surface area (Å²) in [6.07, 6.45) is 2.43. The van der Waals surface area contributed by atoms with Crippen molar-refractivity contribution in [2.45, 2.75) is 25.4 Å². The molecule has 1 N–H and O–H groups in total. The van der Waals surface area contributed by atoms with Crippen LogP contribution in [0.5, 0.6) is 0 Å². The van der Waals surface area contributed by atoms with Gasteiger partial charge in [-0.05, 0) is 36.0 Å². The van der Waals surface area contributed by atoms with Gasteiger partial charge in [0.2, 0.25) is 0 Å². The van der Waals surface area contributed by atoms with Gasteiger partial charge in [0.1, 0.15) is 0 Å². The Labute approximate surface area is 134 Å². The van der Waals surface area contributed by atoms with Crippen LogP contribution < -0.4 is 5.32 Å². The van der Waals surface area contributed by atoms with Crippen molar-refractivity contribution in [2.24, 2.45) is 5.92 Å². The maximum Gasteiger partial charge on any atom is 0.269 e. The molecule has 1 atom stereocenters. The molecule has 4 nitrogen and oxygen atoms in total. The number of nitrogens with zero attached hydrogens (tertiary/aromatic N) is 1. The van der Waals surface area contributed by atoms with Crippen LogP contribution in [0.3, 0.4) is 0 Å². The maximum absolute atomic E-state index is 10.9. The van der Waals surface area contributed by atoms with Gasteiger partial charge in [0.05, 0.1) is 4.92 Å². The molecule has 0 amide bonds. The van der Waals surface area contributed by atoms with Crippen molar-refractivity contribution >= 4 is 17.3 Å². The van der Waals surface area contributed by atoms with E-state index >= 15 is 0 Å². The molecule has 0 heterocycles. The summed E-state index contributed by atoms with van der Waals surface area (Å²) in [7, 11) is 0. The highest BCUT2D eigenvalue weighted by Gasteiger charge is 2.31. The first-order valence-electron chi connectivity index (χ1n) is 7.36. The van der Waals surface area contributed by atoms with Crippen molar-refractivity contribution in [3.05, 3.63) is 74.8 Å². The van der Waals surface area contributed by atoms with Gasteiger partial charge in [0.15, 0.2) is 0 Å². The molecular formula is C17H17ClN2O2. The molecule has 0 aliphatic heterocycles. The molecule has 5 heteroatoms. The lowest BCUT2D eigenvalue weighted by atomic mass is 10.0. The number of benzene rings is 2. The van der Waals surface area contributed by atoms with E-state index in [1.807, 2.05) is 18.2 Å². The molecule has 1 aliphatic rings. The minimum atomic E-state index is -0.393. The number of nitro benzene ring substituents is 1. The molecule has 2 aromatic carbocycles. The molecule has 1 aliphatic carbocycles. The topological polar surface area (TPSA) is 55.2 Å². The van der Waals surface area contributed by atoms with Crippen LogP contribution >= 0.6 is 11.6 Å². The minimum Gasteiger partial charge on any atom is -0.306 e. The lowest BCUT2D eigenvalue weighted by Crippen LogP contribution is -2.22. The molecule has 3 rings (SSSR count). The van der Waals surface area contributed by atoms with Crippen molar-refractivity contribution in [3.8, 4) is 0 Å². The number of hydrogen-bond donors (Lipinski definition) is 1. The quantitative estimate of drug-likeness (QED) is 0.631. The highest BCUT2D eigenvalue weighted by atomic mass is 35.5. The van der Waals surface area contributed by atoms with E-state index in [2.05, 4.69) is 17.4 Å². The smallest absolute Gasteiger partial charge is 0.269 e. The lowest BCUT2D eigenvalue weighted by Gasteiger charge is -2.19. The van der Waals surface area contributed by atoms with Gasteiger partial charge in [-0.25, -0.2) is 0 Å². The van der Waals surface area contributed by atoms with Crippen LogP contribution in [0, 0.1) is 16.0 Å². The van der Waals surface area contributed by atoms with E-state index in [0.717, 1.165) is 5.56 Å². The first-order chi connectivity index (χ1) is 10.6. The fourth-order valence-corrected chi connectivity index (χ4v) is 2.86. The van der Waals surface area contributed by atoms with Crippen LogP contribution in [0.1, 0.15) is 30.0 Å². The Kier molecular flexibility index (Phi) is 4.41. The predicted molar refractivity (Wildman–Crippen MR) is 86.9 cm³/mol. The zero-order chi connectivity index (χ0) is 15.5. The van der Waals surface area contributed by atoms with Gasteiger partial charge < -0.3 is 5.32 Å². The van der Waals surface area contributed by atoms with Gasteiger partial charge in [-0.3, -0.25) is 10.1 Å². The largest absolute Gasteiger partial charge is 0.306 e. The van der Waals surface area contributed by atoms with Gasteiger partial charge >= 0.3 is 0 Å². The van der Waals surface area contributed by atoms with Gasteiger partial charge in [-0.15, -0.1) is 0 Å². The summed E-state index contributed by atoms with van der Waals surface area (Å²) in [6, 6.07) is 15.1. The summed E-state index contributed by atoms with van der Waals surface area (Å²) in [5, 5.41) is 15.0. The van der Waals surface area contributed by atoms with Gasteiger partial charge in [0.25, 0.3) is 5.69 Å². The van der Waals surface area contributed by atoms with Crippen molar-refractivity contribution in [3.63, 3.8) is 0 Å². The van der Waals surface area contributed by atoms with Crippen molar-refractivity contribution in [1.82, 2.24) is 5.32 Å². The summed E-state index contributed by atoms with van der Waals surface area (Å²) in [5.74, 6) is 0.639. The van der Waals surface area contributed by atoms with Gasteiger partial charge in [0, 0.05) is 29.7 Å². The molecule has 0 spiro atoms. The molecule has 1 fully saturated rings. The van der Waals surface area contributed by atoms with E-state index in [4.69, 9.17) is 11.6 Å². The van der Waals surface area contributed by atoms with Crippen LogP contribution in [0.2, 0.25) is 5.02 Å². The van der Waals surface area contributed by atoms with Crippen LogP contribution in [0.4, 0.5) is 5.69 Å². The monoisotopic (exact) mass is 316 g/mol. The van der Waals surface area contributed by atoms with Crippen LogP contribution in [0.15, 0.2) is 48.5 Å². The molecule has 22 heavy (non-hydrogen) atoms. The molecule has 2 aromatic rings. The molecule has 114 valence electrons. The van der Waals surface area contributed by atoms with Crippen molar-refractivity contribution in [2.75, 3.05) is 0 Å². The zero-order valence-electron chi connectivity index (χ0n) is 12.0. The summed E-state index contributed by atoms with van der Waals surface area (Å²) in [6.45, 7) is 0.524. The first kappa shape index (κ1) is 15.0. The Bertz CT molecular complexity index is 672. The Morgan fingerprint density at radius 1 is 1.23 bits per heavy atom. The van der Waals surface area contributed by atoms with Gasteiger partial charge in [-0.1, -0.05) is 41.9 Å². The lowest BCUT2D eigenvalue weighted by molar-refractivity contribution is -0.384. The fraction of sp³-hybridized carbons (Fsp3) is 0.294. The van der Waals surface area contributed by atoms with E-state index in [1.165, 1.54) is 24.5 Å². The highest BCUT2D eigenvalue weighted by molar-refractivity contribution is 6.31. The number of non-ortho nitro benzene ring substituents is 1. The minimum absolute atomic E-state index is 0.0730. The van der Waals surface area contributed by atoms with Crippen molar-refractivity contribution in [1.29, 1.82) is 0 Å². The highest BCUT2D eigenvalue weighted by Crippen LogP contribution is 2.41. The zero-order valence-corrected chi connectivity index (χ0v) is 12.8. The Morgan fingerprint density at radius 3 is 2.59 bits per heavy atom. The number of nitrogens with one attached hydrogen (secondary N) is 1. The summed E-state index contributed by atoms with van der Waals surface area (Å²) < 4.78 is 0. The number of hydrogen-bond acceptors (Lipinski definition) is 3. The Hall–Kier alpha value is -1.91. The summed E-state index contributed by atoms with van der Waals surface area (Å²) >= 11 is 6.16. The van der Waals surface area contributed by atoms with E-state index < -0.39 is 4.92 Å². The molecule has 1 saturated carbocycles. The summed E-state index contributed by atoms with van der Waals surface area (Å²) in [5.41, 5.74) is 2.09. The van der Waals surface area contributed by atoms with E-state index in [0.29, 0.717) is 17.5 Å². The van der Waals surface area contributed by atoms with Crippen LogP contribution in [-0.4, -0.2) is 4.92 Å². The third kappa shape index (κ3) is 3.46. The van der Waals surface area contributed by atoms with Crippen LogP contribution in [0.25, 0.3) is 0 Å². The third-order valence-electron chi connectivity index (χ3n) is 4.00. The van der Waals surface area contributed by atoms with Gasteiger partial charge in [-0.2, -0.15) is 0 Å². The molecule has 0 bridgehead atoms. The molecule has 0 radical (unpaired) electrons. The standard InChI is InChI=1S/C17H17ClN2O2/c18-16-9-8-15(20(21)22)10-14(16)11-19-17(13-6-7-13)12-4-2-1-3-5-12/h1-5,8-10,13,17,19H,6-7,11H2. The molecule has 0 aromatic heterocycles. The number of rotatable bonds is 6. The predicted octanol–water partition coefficient (Wildman–Crippen LogP) is 4.49. The Morgan fingerprint density at radius 2 is 1.95 bits per heavy atom. The van der Waals surface area contributed by atoms with E-state index in [-0.39, 0.29) is 11.7 Å². The second-order valence-corrected chi connectivity index (χ2v) is 6.05. The first-order valence-corrected chi connectivity index (χ1v) is 7.74. The molecular weight excluding hydrogens is 300 g/mol. The average Bonchev–Trinajstić information content (AvgIpc) is 3.35. The normalized spacial score (nSPS) is 15.5. The third-order valence-corrected chi connectivity index (χ3v) is 4.37. The van der Waals surface area contributed by atoms with Crippen molar-refractivity contribution < 1.29 is 4.92 Å². The van der Waals surface area contributed by atoms with E-state index in [9.17, 15) is 10.1 Å². The molecule has 1 unspecified atom stereocenters. The molecule has 0 saturated heterocycles.